The smallest absolute Gasteiger partial charge is 0.251 e. The first kappa shape index (κ1) is 23.9. The molecule has 184 valence electrons. The van der Waals surface area contributed by atoms with Gasteiger partial charge in [0.1, 0.15) is 5.82 Å². The van der Waals surface area contributed by atoms with Crippen LogP contribution in [0, 0.1) is 6.92 Å². The molecule has 1 aromatic carbocycles. The van der Waals surface area contributed by atoms with Gasteiger partial charge >= 0.3 is 0 Å². The van der Waals surface area contributed by atoms with Gasteiger partial charge in [0.25, 0.3) is 5.91 Å². The van der Waals surface area contributed by atoms with E-state index < -0.39 is 9.84 Å². The fourth-order valence-electron chi connectivity index (χ4n) is 4.59. The molecule has 1 atom stereocenters. The summed E-state index contributed by atoms with van der Waals surface area (Å²) in [5, 5.41) is 3.76. The summed E-state index contributed by atoms with van der Waals surface area (Å²) in [5.41, 5.74) is 3.63. The van der Waals surface area contributed by atoms with Crippen molar-refractivity contribution in [1.82, 2.24) is 20.3 Å². The van der Waals surface area contributed by atoms with Crippen molar-refractivity contribution in [2.45, 2.75) is 30.7 Å². The third kappa shape index (κ3) is 5.06. The third-order valence-electron chi connectivity index (χ3n) is 6.56. The van der Waals surface area contributed by atoms with Crippen LogP contribution in [-0.4, -0.2) is 48.6 Å². The highest BCUT2D eigenvalue weighted by Gasteiger charge is 2.25. The van der Waals surface area contributed by atoms with E-state index in [2.05, 4.69) is 26.3 Å². The summed E-state index contributed by atoms with van der Waals surface area (Å²) in [5.74, 6) is 0.995. The minimum absolute atomic E-state index is 0.156. The molecule has 4 heterocycles. The predicted molar refractivity (Wildman–Crippen MR) is 139 cm³/mol. The number of fused-ring (bicyclic) bond motifs is 1. The van der Waals surface area contributed by atoms with Crippen LogP contribution >= 0.6 is 0 Å². The van der Waals surface area contributed by atoms with Gasteiger partial charge < -0.3 is 10.2 Å². The Hall–Kier alpha value is -3.85. The zero-order valence-corrected chi connectivity index (χ0v) is 21.0. The van der Waals surface area contributed by atoms with E-state index in [0.717, 1.165) is 42.5 Å². The van der Waals surface area contributed by atoms with E-state index in [1.807, 2.05) is 30.5 Å². The summed E-state index contributed by atoms with van der Waals surface area (Å²) in [6, 6.07) is 14.7. The summed E-state index contributed by atoms with van der Waals surface area (Å²) in [6.45, 7) is 3.73. The second kappa shape index (κ2) is 9.66. The van der Waals surface area contributed by atoms with E-state index in [-0.39, 0.29) is 17.3 Å². The maximum absolute atomic E-state index is 12.7. The molecule has 0 bridgehead atoms. The SMILES string of the molecule is Cc1ccc(C(=O)NCc2cc3nc(N4CC[C@H](c5cccnc5)C4)ccc3cn2)cc1S(C)(=O)=O. The molecule has 8 nitrogen and oxygen atoms in total. The Kier molecular flexibility index (Phi) is 6.40. The first-order valence-electron chi connectivity index (χ1n) is 11.8. The van der Waals surface area contributed by atoms with Gasteiger partial charge in [-0.25, -0.2) is 13.4 Å². The lowest BCUT2D eigenvalue weighted by atomic mass is 10.0. The Bertz CT molecular complexity index is 1540. The van der Waals surface area contributed by atoms with Crippen molar-refractivity contribution in [1.29, 1.82) is 0 Å². The molecule has 0 aliphatic carbocycles. The summed E-state index contributed by atoms with van der Waals surface area (Å²) in [4.78, 5) is 28.7. The molecule has 4 aromatic rings. The number of nitrogens with zero attached hydrogens (tertiary/aromatic N) is 4. The number of rotatable bonds is 6. The van der Waals surface area contributed by atoms with Crippen LogP contribution in [0.5, 0.6) is 0 Å². The number of nitrogens with one attached hydrogen (secondary N) is 1. The number of amides is 1. The molecule has 0 spiro atoms. The number of hydrogen-bond donors (Lipinski definition) is 1. The van der Waals surface area contributed by atoms with E-state index in [1.165, 1.54) is 11.6 Å². The number of carbonyl (C=O) groups excluding carboxylic acids is 1. The summed E-state index contributed by atoms with van der Waals surface area (Å²) < 4.78 is 24.0. The largest absolute Gasteiger partial charge is 0.356 e. The molecule has 1 fully saturated rings. The van der Waals surface area contributed by atoms with Crippen LogP contribution in [0.3, 0.4) is 0 Å². The molecule has 0 radical (unpaired) electrons. The monoisotopic (exact) mass is 501 g/mol. The van der Waals surface area contributed by atoms with Gasteiger partial charge in [-0.3, -0.25) is 14.8 Å². The third-order valence-corrected chi connectivity index (χ3v) is 7.80. The average molecular weight is 502 g/mol. The fraction of sp³-hybridized carbons (Fsp3) is 0.259. The van der Waals surface area contributed by atoms with Gasteiger partial charge in [0.05, 0.1) is 22.7 Å². The normalized spacial score (nSPS) is 15.8. The lowest BCUT2D eigenvalue weighted by molar-refractivity contribution is 0.0950. The van der Waals surface area contributed by atoms with Crippen LogP contribution in [0.4, 0.5) is 5.82 Å². The number of carbonyl (C=O) groups is 1. The first-order chi connectivity index (χ1) is 17.3. The number of hydrogen-bond acceptors (Lipinski definition) is 7. The number of pyridine rings is 3. The number of benzene rings is 1. The van der Waals surface area contributed by atoms with Crippen molar-refractivity contribution in [3.8, 4) is 0 Å². The first-order valence-corrected chi connectivity index (χ1v) is 13.7. The van der Waals surface area contributed by atoms with Gasteiger partial charge in [-0.1, -0.05) is 12.1 Å². The van der Waals surface area contributed by atoms with E-state index in [1.54, 1.807) is 31.5 Å². The fourth-order valence-corrected chi connectivity index (χ4v) is 5.59. The van der Waals surface area contributed by atoms with Gasteiger partial charge in [-0.05, 0) is 60.9 Å². The molecule has 1 aliphatic heterocycles. The summed E-state index contributed by atoms with van der Waals surface area (Å²) in [7, 11) is -3.42. The summed E-state index contributed by atoms with van der Waals surface area (Å²) >= 11 is 0. The van der Waals surface area contributed by atoms with E-state index >= 15 is 0 Å². The minimum Gasteiger partial charge on any atom is -0.356 e. The lowest BCUT2D eigenvalue weighted by Gasteiger charge is -2.18. The minimum atomic E-state index is -3.42. The topological polar surface area (TPSA) is 105 Å². The van der Waals surface area contributed by atoms with E-state index in [0.29, 0.717) is 22.7 Å². The van der Waals surface area contributed by atoms with Crippen molar-refractivity contribution in [2.75, 3.05) is 24.2 Å². The maximum atomic E-state index is 12.7. The molecule has 3 aromatic heterocycles. The molecular weight excluding hydrogens is 474 g/mol. The van der Waals surface area contributed by atoms with Crippen LogP contribution in [0.15, 0.2) is 72.0 Å². The van der Waals surface area contributed by atoms with Gasteiger partial charge in [0.15, 0.2) is 9.84 Å². The van der Waals surface area contributed by atoms with Gasteiger partial charge in [-0.2, -0.15) is 0 Å². The van der Waals surface area contributed by atoms with Crippen molar-refractivity contribution in [3.63, 3.8) is 0 Å². The van der Waals surface area contributed by atoms with Crippen LogP contribution < -0.4 is 10.2 Å². The maximum Gasteiger partial charge on any atom is 0.251 e. The molecule has 0 unspecified atom stereocenters. The zero-order chi connectivity index (χ0) is 25.3. The Balaban J connectivity index is 1.29. The molecule has 36 heavy (non-hydrogen) atoms. The number of aromatic nitrogens is 3. The zero-order valence-electron chi connectivity index (χ0n) is 20.2. The van der Waals surface area contributed by atoms with Crippen molar-refractivity contribution >= 4 is 32.5 Å². The highest BCUT2D eigenvalue weighted by Crippen LogP contribution is 2.30. The Labute approximate surface area is 210 Å². The molecule has 1 saturated heterocycles. The van der Waals surface area contributed by atoms with E-state index in [9.17, 15) is 13.2 Å². The van der Waals surface area contributed by atoms with Crippen molar-refractivity contribution < 1.29 is 13.2 Å². The quantitative estimate of drug-likeness (QED) is 0.430. The molecule has 1 aliphatic rings. The van der Waals surface area contributed by atoms with Gasteiger partial charge in [0, 0.05) is 54.8 Å². The Morgan fingerprint density at radius 2 is 2.00 bits per heavy atom. The van der Waals surface area contributed by atoms with Gasteiger partial charge in [0.2, 0.25) is 0 Å². The Morgan fingerprint density at radius 1 is 1.14 bits per heavy atom. The molecule has 5 rings (SSSR count). The molecule has 0 saturated carbocycles. The van der Waals surface area contributed by atoms with Crippen LogP contribution in [0.25, 0.3) is 10.9 Å². The average Bonchev–Trinajstić information content (AvgIpc) is 3.37. The van der Waals surface area contributed by atoms with Crippen molar-refractivity contribution in [2.24, 2.45) is 0 Å². The van der Waals surface area contributed by atoms with Crippen LogP contribution in [-0.2, 0) is 16.4 Å². The van der Waals surface area contributed by atoms with Gasteiger partial charge in [-0.15, -0.1) is 0 Å². The number of anilines is 1. The van der Waals surface area contributed by atoms with Crippen LogP contribution in [0.2, 0.25) is 0 Å². The number of sulfone groups is 1. The number of aryl methyl sites for hydroxylation is 1. The Morgan fingerprint density at radius 3 is 2.78 bits per heavy atom. The highest BCUT2D eigenvalue weighted by atomic mass is 32.2. The molecular formula is C27H27N5O3S. The molecule has 1 amide bonds. The molecule has 9 heteroatoms. The van der Waals surface area contributed by atoms with Crippen LogP contribution in [0.1, 0.15) is 39.5 Å². The van der Waals surface area contributed by atoms with E-state index in [4.69, 9.17) is 4.98 Å². The summed E-state index contributed by atoms with van der Waals surface area (Å²) in [6.07, 6.45) is 7.68. The standard InChI is InChI=1S/C27H27N5O3S/c1-18-5-6-19(12-25(18)36(2,34)35)27(33)30-16-23-13-24-21(15-29-23)7-8-26(31-24)32-11-9-22(17-32)20-4-3-10-28-14-20/h3-8,10,12-15,22H,9,11,16-17H2,1-2H3,(H,30,33)/t22-/m0/s1. The lowest BCUT2D eigenvalue weighted by Crippen LogP contribution is -2.23. The second-order valence-electron chi connectivity index (χ2n) is 9.19. The second-order valence-corrected chi connectivity index (χ2v) is 11.2. The molecule has 1 N–H and O–H groups in total. The predicted octanol–water partition coefficient (Wildman–Crippen LogP) is 3.66. The highest BCUT2D eigenvalue weighted by molar-refractivity contribution is 7.90. The van der Waals surface area contributed by atoms with Crippen molar-refractivity contribution in [3.05, 3.63) is 89.5 Å².